The lowest BCUT2D eigenvalue weighted by atomic mass is 10.1. The molecule has 0 aliphatic rings. The maximum atomic E-state index is 11.4. The average molecular weight is 232 g/mol. The maximum Gasteiger partial charge on any atom is 0.338 e. The fourth-order valence-corrected chi connectivity index (χ4v) is 1.13. The summed E-state index contributed by atoms with van der Waals surface area (Å²) in [6.45, 7) is 1.99. The van der Waals surface area contributed by atoms with Crippen LogP contribution >= 0.6 is 0 Å². The van der Waals surface area contributed by atoms with Crippen LogP contribution < -0.4 is 11.5 Å². The molecule has 0 spiro atoms. The van der Waals surface area contributed by atoms with Gasteiger partial charge in [-0.3, -0.25) is 4.79 Å². The second-order valence-corrected chi connectivity index (χ2v) is 3.14. The molecule has 1 aromatic rings. The Morgan fingerprint density at radius 1 is 1.41 bits per heavy atom. The fourth-order valence-electron chi connectivity index (χ4n) is 1.13. The van der Waals surface area contributed by atoms with Crippen LogP contribution in [-0.4, -0.2) is 18.5 Å². The van der Waals surface area contributed by atoms with Gasteiger partial charge in [0.25, 0.3) is 5.91 Å². The smallest absolute Gasteiger partial charge is 0.338 e. The van der Waals surface area contributed by atoms with Gasteiger partial charge in [0.05, 0.1) is 12.2 Å². The molecule has 0 aliphatic heterocycles. The number of hydrogen-bond acceptors (Lipinski definition) is 4. The van der Waals surface area contributed by atoms with Crippen molar-refractivity contribution >= 4 is 17.6 Å². The minimum Gasteiger partial charge on any atom is -0.462 e. The number of anilines is 1. The Morgan fingerprint density at radius 3 is 2.71 bits per heavy atom. The lowest BCUT2D eigenvalue weighted by Crippen LogP contribution is -2.07. The third-order valence-electron chi connectivity index (χ3n) is 1.88. The Morgan fingerprint density at radius 2 is 2.12 bits per heavy atom. The number of amides is 1. The molecule has 17 heavy (non-hydrogen) atoms. The molecule has 5 heteroatoms. The largest absolute Gasteiger partial charge is 0.462 e. The van der Waals surface area contributed by atoms with Gasteiger partial charge in [0.2, 0.25) is 0 Å². The Labute approximate surface area is 98.7 Å². The van der Waals surface area contributed by atoms with Crippen molar-refractivity contribution in [3.63, 3.8) is 0 Å². The lowest BCUT2D eigenvalue weighted by Gasteiger charge is -2.03. The van der Waals surface area contributed by atoms with Crippen LogP contribution in [0.3, 0.4) is 0 Å². The van der Waals surface area contributed by atoms with Crippen LogP contribution in [-0.2, 0) is 9.53 Å². The Bertz CT molecular complexity index is 512. The standard InChI is InChI=1S/C12H12N2O3/c1-2-17-12(16)9-3-5-10(13)8(7-9)4-6-11(14)15/h3,5,7H,2,13H2,1H3,(H2,14,15). The Hall–Kier alpha value is -2.48. The molecule has 1 amide bonds. The van der Waals surface area contributed by atoms with E-state index < -0.39 is 11.9 Å². The Kier molecular flexibility index (Phi) is 4.12. The molecule has 1 rings (SSSR count). The topological polar surface area (TPSA) is 95.4 Å². The molecule has 0 heterocycles. The number of nitrogens with two attached hydrogens (primary N) is 2. The number of esters is 1. The number of benzene rings is 1. The van der Waals surface area contributed by atoms with E-state index in [2.05, 4.69) is 11.8 Å². The number of carbonyl (C=O) groups excluding carboxylic acids is 2. The van der Waals surface area contributed by atoms with E-state index in [1.54, 1.807) is 6.92 Å². The van der Waals surface area contributed by atoms with E-state index in [1.807, 2.05) is 0 Å². The summed E-state index contributed by atoms with van der Waals surface area (Å²) in [6, 6.07) is 4.52. The molecule has 0 aromatic heterocycles. The molecule has 0 atom stereocenters. The van der Waals surface area contributed by atoms with Crippen molar-refractivity contribution < 1.29 is 14.3 Å². The summed E-state index contributed by atoms with van der Waals surface area (Å²) >= 11 is 0. The highest BCUT2D eigenvalue weighted by atomic mass is 16.5. The second-order valence-electron chi connectivity index (χ2n) is 3.14. The quantitative estimate of drug-likeness (QED) is 0.435. The van der Waals surface area contributed by atoms with Crippen LogP contribution in [0.25, 0.3) is 0 Å². The first-order chi connectivity index (χ1) is 8.04. The molecule has 0 fully saturated rings. The van der Waals surface area contributed by atoms with Gasteiger partial charge in [-0.05, 0) is 25.1 Å². The SMILES string of the molecule is CCOC(=O)c1ccc(N)c(C#CC(N)=O)c1. The number of primary amides is 1. The molecular weight excluding hydrogens is 220 g/mol. The van der Waals surface area contributed by atoms with Gasteiger partial charge in [0.1, 0.15) is 0 Å². The van der Waals surface area contributed by atoms with Crippen molar-refractivity contribution in [3.8, 4) is 11.8 Å². The Balaban J connectivity index is 3.07. The van der Waals surface area contributed by atoms with Gasteiger partial charge >= 0.3 is 5.97 Å². The van der Waals surface area contributed by atoms with Gasteiger partial charge in [0.15, 0.2) is 0 Å². The van der Waals surface area contributed by atoms with Crippen LogP contribution in [0.1, 0.15) is 22.8 Å². The highest BCUT2D eigenvalue weighted by Crippen LogP contribution is 2.13. The highest BCUT2D eigenvalue weighted by Gasteiger charge is 2.08. The number of hydrogen-bond donors (Lipinski definition) is 2. The van der Waals surface area contributed by atoms with Crippen molar-refractivity contribution in [1.29, 1.82) is 0 Å². The number of nitrogen functional groups attached to an aromatic ring is 1. The van der Waals surface area contributed by atoms with Crippen molar-refractivity contribution in [2.45, 2.75) is 6.92 Å². The summed E-state index contributed by atoms with van der Waals surface area (Å²) < 4.78 is 4.83. The summed E-state index contributed by atoms with van der Waals surface area (Å²) in [4.78, 5) is 22.0. The zero-order valence-corrected chi connectivity index (χ0v) is 9.32. The number of carbonyl (C=O) groups is 2. The van der Waals surface area contributed by atoms with Gasteiger partial charge in [-0.1, -0.05) is 5.92 Å². The first kappa shape index (κ1) is 12.6. The third-order valence-corrected chi connectivity index (χ3v) is 1.88. The number of ether oxygens (including phenoxy) is 1. The zero-order valence-electron chi connectivity index (χ0n) is 9.32. The van der Waals surface area contributed by atoms with Crippen molar-refractivity contribution in [2.24, 2.45) is 5.73 Å². The molecule has 88 valence electrons. The van der Waals surface area contributed by atoms with Gasteiger partial charge in [-0.15, -0.1) is 0 Å². The molecule has 0 saturated heterocycles. The minimum atomic E-state index is -0.758. The minimum absolute atomic E-state index is 0.283. The molecule has 1 aromatic carbocycles. The molecule has 0 aliphatic carbocycles. The first-order valence-electron chi connectivity index (χ1n) is 4.92. The maximum absolute atomic E-state index is 11.4. The van der Waals surface area contributed by atoms with Crippen molar-refractivity contribution in [3.05, 3.63) is 29.3 Å². The van der Waals surface area contributed by atoms with Crippen LogP contribution in [0.2, 0.25) is 0 Å². The summed E-state index contributed by atoms with van der Waals surface area (Å²) in [6.07, 6.45) is 0. The summed E-state index contributed by atoms with van der Waals surface area (Å²) in [5.41, 5.74) is 11.6. The van der Waals surface area contributed by atoms with E-state index in [0.717, 1.165) is 0 Å². The van der Waals surface area contributed by atoms with E-state index in [0.29, 0.717) is 16.8 Å². The fraction of sp³-hybridized carbons (Fsp3) is 0.167. The second kappa shape index (κ2) is 5.56. The molecule has 0 unspecified atom stereocenters. The van der Waals surface area contributed by atoms with Gasteiger partial charge in [-0.2, -0.15) is 0 Å². The van der Waals surface area contributed by atoms with Crippen LogP contribution in [0.4, 0.5) is 5.69 Å². The van der Waals surface area contributed by atoms with Gasteiger partial charge in [-0.25, -0.2) is 4.79 Å². The van der Waals surface area contributed by atoms with Crippen LogP contribution in [0.15, 0.2) is 18.2 Å². The van der Waals surface area contributed by atoms with Crippen LogP contribution in [0.5, 0.6) is 0 Å². The highest BCUT2D eigenvalue weighted by molar-refractivity contribution is 5.94. The van der Waals surface area contributed by atoms with Crippen molar-refractivity contribution in [2.75, 3.05) is 12.3 Å². The molecule has 5 nitrogen and oxygen atoms in total. The predicted molar refractivity (Wildman–Crippen MR) is 62.9 cm³/mol. The molecule has 4 N–H and O–H groups in total. The van der Waals surface area contributed by atoms with E-state index in [1.165, 1.54) is 18.2 Å². The molecule has 0 bridgehead atoms. The number of rotatable bonds is 2. The van der Waals surface area contributed by atoms with E-state index in [9.17, 15) is 9.59 Å². The average Bonchev–Trinajstić information content (AvgIpc) is 2.28. The van der Waals surface area contributed by atoms with E-state index in [-0.39, 0.29) is 6.61 Å². The lowest BCUT2D eigenvalue weighted by molar-refractivity contribution is -0.112. The molecule has 0 saturated carbocycles. The van der Waals surface area contributed by atoms with Crippen LogP contribution in [0, 0.1) is 11.8 Å². The summed E-state index contributed by atoms with van der Waals surface area (Å²) in [7, 11) is 0. The van der Waals surface area contributed by atoms with Gasteiger partial charge < -0.3 is 16.2 Å². The monoisotopic (exact) mass is 232 g/mol. The molecular formula is C12H12N2O3. The third kappa shape index (κ3) is 3.54. The van der Waals surface area contributed by atoms with Crippen molar-refractivity contribution in [1.82, 2.24) is 0 Å². The van der Waals surface area contributed by atoms with E-state index in [4.69, 9.17) is 16.2 Å². The zero-order chi connectivity index (χ0) is 12.8. The summed E-state index contributed by atoms with van der Waals surface area (Å²) in [5, 5.41) is 0. The molecule has 0 radical (unpaired) electrons. The normalized spacial score (nSPS) is 9.00. The van der Waals surface area contributed by atoms with E-state index >= 15 is 0 Å². The predicted octanol–water partition coefficient (Wildman–Crippen LogP) is 0.282. The summed E-state index contributed by atoms with van der Waals surface area (Å²) in [5.74, 6) is 3.43. The first-order valence-corrected chi connectivity index (χ1v) is 4.92. The van der Waals surface area contributed by atoms with Gasteiger partial charge in [0, 0.05) is 17.2 Å².